The van der Waals surface area contributed by atoms with Gasteiger partial charge >= 0.3 is 0 Å². The van der Waals surface area contributed by atoms with E-state index in [2.05, 4.69) is 29.0 Å². The fourth-order valence-electron chi connectivity index (χ4n) is 2.09. The highest BCUT2D eigenvalue weighted by Crippen LogP contribution is 2.27. The number of nitrogens with two attached hydrogens (primary N) is 2. The third kappa shape index (κ3) is 3.72. The van der Waals surface area contributed by atoms with Crippen LogP contribution < -0.4 is 16.4 Å². The normalized spacial score (nSPS) is 11.0. The lowest BCUT2D eigenvalue weighted by molar-refractivity contribution is 0.866. The summed E-state index contributed by atoms with van der Waals surface area (Å²) in [7, 11) is 0. The first-order valence-corrected chi connectivity index (χ1v) is 7.05. The standard InChI is InChI=1S/C16H21N5/c1-3-21(4-2)14-8-6-13(7-9-14)19-20-16-10-5-12(17)11-15(16)18/h5-11H,3-4,17-18H2,1-2H3. The van der Waals surface area contributed by atoms with Crippen molar-refractivity contribution in [1.29, 1.82) is 0 Å². The van der Waals surface area contributed by atoms with Gasteiger partial charge in [-0.1, -0.05) is 0 Å². The van der Waals surface area contributed by atoms with Crippen LogP contribution in [0.4, 0.5) is 28.4 Å². The third-order valence-electron chi connectivity index (χ3n) is 3.30. The Morgan fingerprint density at radius 1 is 0.905 bits per heavy atom. The number of benzene rings is 2. The van der Waals surface area contributed by atoms with Crippen molar-refractivity contribution in [3.05, 3.63) is 42.5 Å². The summed E-state index contributed by atoms with van der Waals surface area (Å²) in [6, 6.07) is 13.2. The lowest BCUT2D eigenvalue weighted by atomic mass is 10.2. The van der Waals surface area contributed by atoms with Crippen LogP contribution in [-0.4, -0.2) is 13.1 Å². The van der Waals surface area contributed by atoms with E-state index in [1.165, 1.54) is 5.69 Å². The molecule has 0 aliphatic carbocycles. The Hall–Kier alpha value is -2.56. The van der Waals surface area contributed by atoms with Crippen LogP contribution in [0.1, 0.15) is 13.8 Å². The summed E-state index contributed by atoms with van der Waals surface area (Å²) in [5.74, 6) is 0. The largest absolute Gasteiger partial charge is 0.399 e. The van der Waals surface area contributed by atoms with Gasteiger partial charge in [-0.2, -0.15) is 5.11 Å². The molecule has 0 amide bonds. The Morgan fingerprint density at radius 2 is 1.57 bits per heavy atom. The summed E-state index contributed by atoms with van der Waals surface area (Å²) in [6.45, 7) is 6.25. The molecular weight excluding hydrogens is 262 g/mol. The second-order valence-electron chi connectivity index (χ2n) is 4.71. The maximum absolute atomic E-state index is 5.85. The monoisotopic (exact) mass is 283 g/mol. The Kier molecular flexibility index (Phi) is 4.77. The van der Waals surface area contributed by atoms with Crippen LogP contribution in [0.15, 0.2) is 52.7 Å². The first kappa shape index (κ1) is 14.8. The van der Waals surface area contributed by atoms with Gasteiger partial charge in [0.2, 0.25) is 0 Å². The van der Waals surface area contributed by atoms with Gasteiger partial charge in [-0.05, 0) is 56.3 Å². The topological polar surface area (TPSA) is 80.0 Å². The van der Waals surface area contributed by atoms with E-state index in [0.29, 0.717) is 17.1 Å². The summed E-state index contributed by atoms with van der Waals surface area (Å²) in [5, 5.41) is 8.37. The molecule has 0 aromatic heterocycles. The van der Waals surface area contributed by atoms with Crippen molar-refractivity contribution < 1.29 is 0 Å². The van der Waals surface area contributed by atoms with Gasteiger partial charge in [0.25, 0.3) is 0 Å². The van der Waals surface area contributed by atoms with Crippen LogP contribution >= 0.6 is 0 Å². The summed E-state index contributed by atoms with van der Waals surface area (Å²) in [6.07, 6.45) is 0. The van der Waals surface area contributed by atoms with E-state index in [0.717, 1.165) is 18.8 Å². The SMILES string of the molecule is CCN(CC)c1ccc(N=Nc2ccc(N)cc2N)cc1. The molecule has 0 unspecified atom stereocenters. The maximum Gasteiger partial charge on any atom is 0.109 e. The van der Waals surface area contributed by atoms with Gasteiger partial charge in [0, 0.05) is 24.5 Å². The number of azo groups is 1. The molecule has 2 rings (SSSR count). The van der Waals surface area contributed by atoms with Gasteiger partial charge in [0.15, 0.2) is 0 Å². The molecular formula is C16H21N5. The summed E-state index contributed by atoms with van der Waals surface area (Å²) in [4.78, 5) is 2.28. The van der Waals surface area contributed by atoms with Gasteiger partial charge in [0.05, 0.1) is 11.4 Å². The average molecular weight is 283 g/mol. The minimum Gasteiger partial charge on any atom is -0.399 e. The second kappa shape index (κ2) is 6.74. The van der Waals surface area contributed by atoms with E-state index in [-0.39, 0.29) is 0 Å². The summed E-state index contributed by atoms with van der Waals surface area (Å²) >= 11 is 0. The van der Waals surface area contributed by atoms with E-state index in [9.17, 15) is 0 Å². The molecule has 0 aliphatic rings. The Bertz CT molecular complexity index is 615. The molecule has 0 saturated heterocycles. The van der Waals surface area contributed by atoms with Crippen LogP contribution in [-0.2, 0) is 0 Å². The van der Waals surface area contributed by atoms with E-state index in [4.69, 9.17) is 11.5 Å². The zero-order chi connectivity index (χ0) is 15.2. The van der Waals surface area contributed by atoms with Crippen molar-refractivity contribution in [1.82, 2.24) is 0 Å². The fraction of sp³-hybridized carbons (Fsp3) is 0.250. The molecule has 0 atom stereocenters. The van der Waals surface area contributed by atoms with E-state index < -0.39 is 0 Å². The maximum atomic E-state index is 5.85. The lowest BCUT2D eigenvalue weighted by Gasteiger charge is -2.20. The van der Waals surface area contributed by atoms with Crippen LogP contribution in [0.5, 0.6) is 0 Å². The summed E-state index contributed by atoms with van der Waals surface area (Å²) in [5.41, 5.74) is 15.2. The molecule has 0 aliphatic heterocycles. The van der Waals surface area contributed by atoms with Crippen molar-refractivity contribution in [3.63, 3.8) is 0 Å². The molecule has 0 radical (unpaired) electrons. The number of nitrogens with zero attached hydrogens (tertiary/aromatic N) is 3. The smallest absolute Gasteiger partial charge is 0.109 e. The van der Waals surface area contributed by atoms with E-state index >= 15 is 0 Å². The van der Waals surface area contributed by atoms with Crippen molar-refractivity contribution in [2.24, 2.45) is 10.2 Å². The van der Waals surface area contributed by atoms with Crippen LogP contribution in [0.25, 0.3) is 0 Å². The van der Waals surface area contributed by atoms with Gasteiger partial charge in [-0.3, -0.25) is 0 Å². The Balaban J connectivity index is 2.14. The highest BCUT2D eigenvalue weighted by atomic mass is 15.1. The highest BCUT2D eigenvalue weighted by molar-refractivity contribution is 5.67. The first-order chi connectivity index (χ1) is 10.1. The molecule has 0 heterocycles. The fourth-order valence-corrected chi connectivity index (χ4v) is 2.09. The van der Waals surface area contributed by atoms with Gasteiger partial charge in [0.1, 0.15) is 5.69 Å². The number of anilines is 3. The molecule has 5 heteroatoms. The lowest BCUT2D eigenvalue weighted by Crippen LogP contribution is -2.21. The number of hydrogen-bond acceptors (Lipinski definition) is 5. The molecule has 2 aromatic rings. The van der Waals surface area contributed by atoms with E-state index in [1.807, 2.05) is 24.3 Å². The Labute approximate surface area is 125 Å². The molecule has 0 spiro atoms. The third-order valence-corrected chi connectivity index (χ3v) is 3.30. The number of rotatable bonds is 5. The average Bonchev–Trinajstić information content (AvgIpc) is 2.49. The molecule has 2 aromatic carbocycles. The zero-order valence-corrected chi connectivity index (χ0v) is 12.5. The molecule has 5 nitrogen and oxygen atoms in total. The predicted octanol–water partition coefficient (Wildman–Crippen LogP) is 4.11. The molecule has 21 heavy (non-hydrogen) atoms. The number of nitrogen functional groups attached to an aromatic ring is 2. The highest BCUT2D eigenvalue weighted by Gasteiger charge is 2.01. The van der Waals surface area contributed by atoms with Crippen LogP contribution in [0.3, 0.4) is 0 Å². The van der Waals surface area contributed by atoms with Crippen molar-refractivity contribution in [2.75, 3.05) is 29.5 Å². The summed E-state index contributed by atoms with van der Waals surface area (Å²) < 4.78 is 0. The van der Waals surface area contributed by atoms with Crippen LogP contribution in [0, 0.1) is 0 Å². The minimum atomic E-state index is 0.526. The molecule has 0 fully saturated rings. The van der Waals surface area contributed by atoms with Crippen molar-refractivity contribution in [2.45, 2.75) is 13.8 Å². The van der Waals surface area contributed by atoms with Gasteiger partial charge in [-0.15, -0.1) is 5.11 Å². The molecule has 0 bridgehead atoms. The minimum absolute atomic E-state index is 0.526. The number of hydrogen-bond donors (Lipinski definition) is 2. The second-order valence-corrected chi connectivity index (χ2v) is 4.71. The first-order valence-electron chi connectivity index (χ1n) is 7.05. The van der Waals surface area contributed by atoms with E-state index in [1.54, 1.807) is 18.2 Å². The molecule has 0 saturated carbocycles. The van der Waals surface area contributed by atoms with Crippen molar-refractivity contribution in [3.8, 4) is 0 Å². The predicted molar refractivity (Wildman–Crippen MR) is 89.4 cm³/mol. The van der Waals surface area contributed by atoms with Gasteiger partial charge in [-0.25, -0.2) is 0 Å². The Morgan fingerprint density at radius 3 is 2.14 bits per heavy atom. The van der Waals surface area contributed by atoms with Gasteiger partial charge < -0.3 is 16.4 Å². The van der Waals surface area contributed by atoms with Crippen molar-refractivity contribution >= 4 is 28.4 Å². The zero-order valence-electron chi connectivity index (χ0n) is 12.5. The molecule has 4 N–H and O–H groups in total. The molecule has 110 valence electrons. The van der Waals surface area contributed by atoms with Crippen LogP contribution in [0.2, 0.25) is 0 Å². The quantitative estimate of drug-likeness (QED) is 0.640.